The van der Waals surface area contributed by atoms with Crippen molar-refractivity contribution in [3.63, 3.8) is 0 Å². The quantitative estimate of drug-likeness (QED) is 0.487. The number of thioether (sulfide) groups is 1. The highest BCUT2D eigenvalue weighted by Gasteiger charge is 2.42. The summed E-state index contributed by atoms with van der Waals surface area (Å²) in [7, 11) is 2.72. The van der Waals surface area contributed by atoms with E-state index in [0.717, 1.165) is 16.7 Å². The number of hydrogen-bond acceptors (Lipinski definition) is 6. The summed E-state index contributed by atoms with van der Waals surface area (Å²) in [4.78, 5) is 24.5. The Kier molecular flexibility index (Phi) is 7.17. The minimum absolute atomic E-state index is 0.0569. The van der Waals surface area contributed by atoms with Crippen LogP contribution in [0.2, 0.25) is 0 Å². The molecule has 1 aliphatic rings. The number of ether oxygens (including phenoxy) is 2. The zero-order chi connectivity index (χ0) is 21.9. The Balaban J connectivity index is 2.62. The van der Waals surface area contributed by atoms with Gasteiger partial charge in [-0.1, -0.05) is 24.4 Å². The number of alkyl halides is 3. The fourth-order valence-electron chi connectivity index (χ4n) is 2.62. The number of aliphatic carboxylic acids is 1. The highest BCUT2D eigenvalue weighted by molar-refractivity contribution is 8.14. The van der Waals surface area contributed by atoms with Crippen molar-refractivity contribution in [2.75, 3.05) is 20.8 Å². The van der Waals surface area contributed by atoms with Gasteiger partial charge >= 0.3 is 12.1 Å². The van der Waals surface area contributed by atoms with Crippen LogP contribution in [0.3, 0.4) is 0 Å². The van der Waals surface area contributed by atoms with Gasteiger partial charge in [-0.3, -0.25) is 9.59 Å². The Bertz CT molecular complexity index is 870. The number of methoxy groups -OCH3 is 2. The number of halogens is 3. The van der Waals surface area contributed by atoms with Gasteiger partial charge in [-0.05, 0) is 17.7 Å². The predicted molar refractivity (Wildman–Crippen MR) is 106 cm³/mol. The zero-order valence-corrected chi connectivity index (χ0v) is 17.2. The highest BCUT2D eigenvalue weighted by atomic mass is 32.2. The van der Waals surface area contributed by atoms with Crippen LogP contribution in [0.5, 0.6) is 11.5 Å². The largest absolute Gasteiger partial charge is 0.493 e. The first-order valence-corrected chi connectivity index (χ1v) is 9.51. The molecule has 1 atom stereocenters. The number of hydrogen-bond donors (Lipinski definition) is 2. The average Bonchev–Trinajstić information content (AvgIpc) is 2.92. The molecule has 0 saturated carbocycles. The summed E-state index contributed by atoms with van der Waals surface area (Å²) in [6, 6.07) is 4.10. The summed E-state index contributed by atoms with van der Waals surface area (Å²) in [5.74, 6) is -1.40. The van der Waals surface area contributed by atoms with Crippen molar-refractivity contribution in [1.29, 1.82) is 0 Å². The summed E-state index contributed by atoms with van der Waals surface area (Å²) in [6.45, 7) is 2.96. The SMILES string of the molecule is C=C(/C(=C1\SC(S)N(CCC(=O)O)C1=O)c1ccc(OC)c(OC)c1)C(F)(F)F. The Hall–Kier alpha value is -2.27. The zero-order valence-electron chi connectivity index (χ0n) is 15.4. The Labute approximate surface area is 174 Å². The molecule has 158 valence electrons. The molecule has 1 fully saturated rings. The number of benzene rings is 1. The lowest BCUT2D eigenvalue weighted by molar-refractivity contribution is -0.137. The van der Waals surface area contributed by atoms with E-state index in [-0.39, 0.29) is 29.2 Å². The van der Waals surface area contributed by atoms with Crippen LogP contribution in [0.25, 0.3) is 5.57 Å². The standard InChI is InChI=1S/C18H18F3NO5S2/c1-9(18(19,20)21)14(10-4-5-11(26-2)12(8-10)27-3)15-16(25)22(17(28)29-15)7-6-13(23)24/h4-5,8,17,28H,1,6-7H2,2-3H3,(H,23,24)/b15-14+. The average molecular weight is 449 g/mol. The van der Waals surface area contributed by atoms with Gasteiger partial charge < -0.3 is 19.5 Å². The minimum atomic E-state index is -4.79. The van der Waals surface area contributed by atoms with Gasteiger partial charge in [-0.2, -0.15) is 13.2 Å². The van der Waals surface area contributed by atoms with Gasteiger partial charge in [0.25, 0.3) is 5.91 Å². The number of carboxylic acid groups (broad SMARTS) is 1. The molecular formula is C18H18F3NO5S2. The molecule has 0 aromatic heterocycles. The molecule has 0 spiro atoms. The van der Waals surface area contributed by atoms with Crippen LogP contribution in [0.15, 0.2) is 35.3 Å². The maximum atomic E-state index is 13.5. The first kappa shape index (κ1) is 23.0. The van der Waals surface area contributed by atoms with Crippen LogP contribution < -0.4 is 9.47 Å². The van der Waals surface area contributed by atoms with E-state index in [1.165, 1.54) is 32.4 Å². The Morgan fingerprint density at radius 2 is 1.93 bits per heavy atom. The van der Waals surface area contributed by atoms with E-state index in [2.05, 4.69) is 19.2 Å². The lowest BCUT2D eigenvalue weighted by atomic mass is 9.97. The van der Waals surface area contributed by atoms with Crippen molar-refractivity contribution in [1.82, 2.24) is 4.90 Å². The lowest BCUT2D eigenvalue weighted by Gasteiger charge is -2.19. The third-order valence-electron chi connectivity index (χ3n) is 4.05. The third kappa shape index (κ3) is 5.02. The number of rotatable bonds is 7. The van der Waals surface area contributed by atoms with Crippen LogP contribution in [0.1, 0.15) is 12.0 Å². The maximum Gasteiger partial charge on any atom is 0.416 e. The van der Waals surface area contributed by atoms with Gasteiger partial charge in [0.15, 0.2) is 11.5 Å². The van der Waals surface area contributed by atoms with E-state index >= 15 is 0 Å². The van der Waals surface area contributed by atoms with Crippen LogP contribution >= 0.6 is 24.4 Å². The molecule has 29 heavy (non-hydrogen) atoms. The molecular weight excluding hydrogens is 431 g/mol. The van der Waals surface area contributed by atoms with Gasteiger partial charge in [0.1, 0.15) is 4.71 Å². The van der Waals surface area contributed by atoms with E-state index in [0.29, 0.717) is 5.75 Å². The fraction of sp³-hybridized carbons (Fsp3) is 0.333. The summed E-state index contributed by atoms with van der Waals surface area (Å²) in [5, 5.41) is 8.83. The molecule has 1 heterocycles. The molecule has 0 radical (unpaired) electrons. The van der Waals surface area contributed by atoms with Gasteiger partial charge in [0, 0.05) is 12.1 Å². The fourth-order valence-corrected chi connectivity index (χ4v) is 4.27. The monoisotopic (exact) mass is 449 g/mol. The lowest BCUT2D eigenvalue weighted by Crippen LogP contribution is -2.32. The first-order valence-electron chi connectivity index (χ1n) is 8.11. The van der Waals surface area contributed by atoms with Crippen LogP contribution in [0.4, 0.5) is 13.2 Å². The van der Waals surface area contributed by atoms with Crippen LogP contribution in [-0.2, 0) is 9.59 Å². The van der Waals surface area contributed by atoms with Crippen molar-refractivity contribution in [2.45, 2.75) is 17.3 Å². The molecule has 0 aliphatic carbocycles. The molecule has 1 aromatic rings. The van der Waals surface area contributed by atoms with Crippen LogP contribution in [-0.4, -0.2) is 53.5 Å². The van der Waals surface area contributed by atoms with Gasteiger partial charge in [0.2, 0.25) is 0 Å². The maximum absolute atomic E-state index is 13.5. The van der Waals surface area contributed by atoms with Gasteiger partial charge in [-0.15, -0.1) is 12.6 Å². The normalized spacial score (nSPS) is 18.6. The van der Waals surface area contributed by atoms with Crippen molar-refractivity contribution in [2.24, 2.45) is 0 Å². The second-order valence-electron chi connectivity index (χ2n) is 5.84. The highest BCUT2D eigenvalue weighted by Crippen LogP contribution is 2.47. The molecule has 6 nitrogen and oxygen atoms in total. The molecule has 1 aliphatic heterocycles. The molecule has 1 saturated heterocycles. The van der Waals surface area contributed by atoms with Crippen molar-refractivity contribution >= 4 is 41.8 Å². The third-order valence-corrected chi connectivity index (χ3v) is 5.73. The van der Waals surface area contributed by atoms with Crippen molar-refractivity contribution in [3.8, 4) is 11.5 Å². The molecule has 1 aromatic carbocycles. The topological polar surface area (TPSA) is 76.1 Å². The second kappa shape index (κ2) is 9.04. The van der Waals surface area contributed by atoms with E-state index < -0.39 is 33.9 Å². The minimum Gasteiger partial charge on any atom is -0.493 e. The predicted octanol–water partition coefficient (Wildman–Crippen LogP) is 3.80. The van der Waals surface area contributed by atoms with Crippen molar-refractivity contribution < 1.29 is 37.3 Å². The van der Waals surface area contributed by atoms with Crippen LogP contribution in [0, 0.1) is 0 Å². The van der Waals surface area contributed by atoms with E-state index in [1.54, 1.807) is 0 Å². The summed E-state index contributed by atoms with van der Waals surface area (Å²) >= 11 is 5.01. The summed E-state index contributed by atoms with van der Waals surface area (Å²) in [5.41, 5.74) is -1.56. The number of nitrogens with zero attached hydrogens (tertiary/aromatic N) is 1. The number of carbonyl (C=O) groups is 2. The van der Waals surface area contributed by atoms with Gasteiger partial charge in [-0.25, -0.2) is 0 Å². The second-order valence-corrected chi connectivity index (χ2v) is 7.77. The van der Waals surface area contributed by atoms with E-state index in [9.17, 15) is 22.8 Å². The molecule has 0 bridgehead atoms. The summed E-state index contributed by atoms with van der Waals surface area (Å²) in [6.07, 6.45) is -5.15. The Morgan fingerprint density at radius 1 is 1.31 bits per heavy atom. The summed E-state index contributed by atoms with van der Waals surface area (Å²) < 4.78 is 50.0. The smallest absolute Gasteiger partial charge is 0.416 e. The van der Waals surface area contributed by atoms with Gasteiger partial charge in [0.05, 0.1) is 31.1 Å². The first-order chi connectivity index (χ1) is 13.5. The Morgan fingerprint density at radius 3 is 2.45 bits per heavy atom. The molecule has 1 amide bonds. The number of carboxylic acids is 1. The molecule has 2 rings (SSSR count). The molecule has 1 unspecified atom stereocenters. The van der Waals surface area contributed by atoms with E-state index in [1.807, 2.05) is 0 Å². The molecule has 1 N–H and O–H groups in total. The number of amides is 1. The van der Waals surface area contributed by atoms with Crippen molar-refractivity contribution in [3.05, 3.63) is 40.8 Å². The molecule has 11 heteroatoms. The van der Waals surface area contributed by atoms with E-state index in [4.69, 9.17) is 14.6 Å². The number of thiol groups is 1. The number of allylic oxidation sites excluding steroid dienone is 2. The number of carbonyl (C=O) groups excluding carboxylic acids is 1.